The maximum Gasteiger partial charge on any atom is 0.446 e. The van der Waals surface area contributed by atoms with Crippen LogP contribution >= 0.6 is 22.7 Å². The predicted molar refractivity (Wildman–Crippen MR) is 79.9 cm³/mol. The normalized spacial score (nSPS) is 11.7. The number of aromatic carboxylic acids is 1. The number of hydrogen-bond donors (Lipinski definition) is 2. The van der Waals surface area contributed by atoms with Crippen molar-refractivity contribution in [2.45, 2.75) is 0 Å². The number of nitrogens with zero attached hydrogens (tertiary/aromatic N) is 2. The zero-order chi connectivity index (χ0) is 15.9. The number of benzene rings is 1. The molecule has 0 aliphatic heterocycles. The molecule has 22 heavy (non-hydrogen) atoms. The maximum absolute atomic E-state index is 10.8. The van der Waals surface area contributed by atoms with Crippen molar-refractivity contribution in [3.63, 3.8) is 0 Å². The summed E-state index contributed by atoms with van der Waals surface area (Å²) in [5.41, 5.74) is 0.518. The van der Waals surface area contributed by atoms with Gasteiger partial charge in [0.05, 0.1) is 10.2 Å². The zero-order valence-electron chi connectivity index (χ0n) is 10.5. The Morgan fingerprint density at radius 2 is 2.00 bits per heavy atom. The highest BCUT2D eigenvalue weighted by Gasteiger charge is 2.15. The highest BCUT2D eigenvalue weighted by atomic mass is 32.3. The van der Waals surface area contributed by atoms with Crippen LogP contribution < -0.4 is 4.18 Å². The Balaban J connectivity index is 2.00. The van der Waals surface area contributed by atoms with Gasteiger partial charge < -0.3 is 9.29 Å². The van der Waals surface area contributed by atoms with E-state index in [1.54, 1.807) is 0 Å². The van der Waals surface area contributed by atoms with Crippen molar-refractivity contribution < 1.29 is 27.1 Å². The van der Waals surface area contributed by atoms with E-state index in [1.165, 1.54) is 34.9 Å². The summed E-state index contributed by atoms with van der Waals surface area (Å²) in [5.74, 6) is -1.16. The molecule has 0 aliphatic rings. The Bertz CT molecular complexity index is 975. The van der Waals surface area contributed by atoms with Crippen molar-refractivity contribution in [3.05, 3.63) is 29.3 Å². The molecular weight excluding hydrogens is 352 g/mol. The molecule has 0 saturated heterocycles. The third-order valence-corrected chi connectivity index (χ3v) is 4.87. The summed E-state index contributed by atoms with van der Waals surface area (Å²) in [7, 11) is -4.59. The second-order valence-corrected chi connectivity index (χ2v) is 6.91. The average Bonchev–Trinajstić information content (AvgIpc) is 3.02. The molecule has 8 nitrogen and oxygen atoms in total. The number of carboxylic acid groups (broad SMARTS) is 1. The fraction of sp³-hybridized carbons (Fsp3) is 0. The zero-order valence-corrected chi connectivity index (χ0v) is 12.9. The van der Waals surface area contributed by atoms with Crippen molar-refractivity contribution in [2.24, 2.45) is 0 Å². The van der Waals surface area contributed by atoms with Crippen molar-refractivity contribution in [2.75, 3.05) is 0 Å². The fourth-order valence-electron chi connectivity index (χ4n) is 1.64. The van der Waals surface area contributed by atoms with Crippen LogP contribution in [0.2, 0.25) is 0 Å². The SMILES string of the molecule is O=C(O)c1csc(-c2nc3ccc(OS(=O)(=O)O)cc3s2)n1. The number of carbonyl (C=O) groups is 1. The molecule has 0 fully saturated rings. The summed E-state index contributed by atoms with van der Waals surface area (Å²) in [5, 5.41) is 11.2. The Kier molecular flexibility index (Phi) is 3.56. The van der Waals surface area contributed by atoms with Gasteiger partial charge in [-0.1, -0.05) is 0 Å². The third kappa shape index (κ3) is 3.06. The van der Waals surface area contributed by atoms with Crippen LogP contribution in [0.1, 0.15) is 10.5 Å². The van der Waals surface area contributed by atoms with Crippen LogP contribution in [0.3, 0.4) is 0 Å². The molecule has 114 valence electrons. The van der Waals surface area contributed by atoms with E-state index in [-0.39, 0.29) is 11.4 Å². The molecule has 2 N–H and O–H groups in total. The van der Waals surface area contributed by atoms with Gasteiger partial charge in [0.25, 0.3) is 0 Å². The smallest absolute Gasteiger partial charge is 0.446 e. The summed E-state index contributed by atoms with van der Waals surface area (Å²) < 4.78 is 35.0. The summed E-state index contributed by atoms with van der Waals surface area (Å²) in [6.07, 6.45) is 0. The van der Waals surface area contributed by atoms with Crippen molar-refractivity contribution in [1.29, 1.82) is 0 Å². The first kappa shape index (κ1) is 14.8. The van der Waals surface area contributed by atoms with Crippen LogP contribution in [0.25, 0.3) is 20.2 Å². The van der Waals surface area contributed by atoms with Gasteiger partial charge in [-0.25, -0.2) is 14.8 Å². The summed E-state index contributed by atoms with van der Waals surface area (Å²) in [4.78, 5) is 19.1. The molecule has 3 rings (SSSR count). The Hall–Kier alpha value is -2.08. The number of aromatic nitrogens is 2. The lowest BCUT2D eigenvalue weighted by Crippen LogP contribution is -2.06. The molecule has 0 amide bonds. The monoisotopic (exact) mass is 358 g/mol. The van der Waals surface area contributed by atoms with Crippen LogP contribution in [0.5, 0.6) is 5.75 Å². The van der Waals surface area contributed by atoms with E-state index in [1.807, 2.05) is 0 Å². The number of hydrogen-bond acceptors (Lipinski definition) is 8. The van der Waals surface area contributed by atoms with Gasteiger partial charge in [-0.15, -0.1) is 22.7 Å². The molecule has 2 aromatic heterocycles. The molecule has 0 saturated carbocycles. The number of thiazole rings is 2. The predicted octanol–water partition coefficient (Wildman–Crippen LogP) is 2.30. The summed E-state index contributed by atoms with van der Waals surface area (Å²) in [6, 6.07) is 4.29. The lowest BCUT2D eigenvalue weighted by Gasteiger charge is -1.99. The van der Waals surface area contributed by atoms with Gasteiger partial charge in [0.2, 0.25) is 0 Å². The van der Waals surface area contributed by atoms with Gasteiger partial charge in [0.15, 0.2) is 15.7 Å². The number of carboxylic acids is 1. The molecule has 0 spiro atoms. The van der Waals surface area contributed by atoms with Gasteiger partial charge in [0.1, 0.15) is 5.75 Å². The Morgan fingerprint density at radius 1 is 1.23 bits per heavy atom. The fourth-order valence-corrected chi connectivity index (χ4v) is 3.81. The van der Waals surface area contributed by atoms with E-state index >= 15 is 0 Å². The van der Waals surface area contributed by atoms with Crippen LogP contribution in [-0.4, -0.2) is 34.0 Å². The molecule has 0 unspecified atom stereocenters. The quantitative estimate of drug-likeness (QED) is 0.680. The summed E-state index contributed by atoms with van der Waals surface area (Å²) in [6.45, 7) is 0. The first-order valence-electron chi connectivity index (χ1n) is 5.58. The molecule has 3 aromatic rings. The Morgan fingerprint density at radius 3 is 2.64 bits per heavy atom. The summed E-state index contributed by atoms with van der Waals surface area (Å²) >= 11 is 2.35. The highest BCUT2D eigenvalue weighted by Crippen LogP contribution is 2.34. The standard InChI is InChI=1S/C11H6N2O6S3/c14-11(15)7-4-20-9(13-7)10-12-6-2-1-5(3-8(6)21-10)19-22(16,17)18/h1-4H,(H,14,15)(H,16,17,18). The van der Waals surface area contributed by atoms with Crippen LogP contribution in [-0.2, 0) is 10.4 Å². The van der Waals surface area contributed by atoms with E-state index < -0.39 is 16.4 Å². The van der Waals surface area contributed by atoms with E-state index in [0.717, 1.165) is 11.3 Å². The van der Waals surface area contributed by atoms with E-state index in [0.29, 0.717) is 20.2 Å². The Labute approximate surface area is 131 Å². The molecule has 0 radical (unpaired) electrons. The minimum atomic E-state index is -4.59. The highest BCUT2D eigenvalue weighted by molar-refractivity contribution is 7.81. The minimum Gasteiger partial charge on any atom is -0.476 e. The van der Waals surface area contributed by atoms with Crippen LogP contribution in [0.4, 0.5) is 0 Å². The number of rotatable bonds is 4. The van der Waals surface area contributed by atoms with Crippen molar-refractivity contribution in [1.82, 2.24) is 9.97 Å². The van der Waals surface area contributed by atoms with E-state index in [2.05, 4.69) is 14.2 Å². The molecule has 11 heteroatoms. The molecular formula is C11H6N2O6S3. The first-order chi connectivity index (χ1) is 10.3. The lowest BCUT2D eigenvalue weighted by molar-refractivity contribution is 0.0691. The molecule has 1 aromatic carbocycles. The van der Waals surface area contributed by atoms with Gasteiger partial charge >= 0.3 is 16.4 Å². The van der Waals surface area contributed by atoms with E-state index in [9.17, 15) is 13.2 Å². The third-order valence-electron chi connectivity index (χ3n) is 2.47. The average molecular weight is 358 g/mol. The van der Waals surface area contributed by atoms with Gasteiger partial charge in [-0.05, 0) is 12.1 Å². The molecule has 0 bridgehead atoms. The molecule has 2 heterocycles. The molecule has 0 aliphatic carbocycles. The van der Waals surface area contributed by atoms with E-state index in [4.69, 9.17) is 9.66 Å². The lowest BCUT2D eigenvalue weighted by atomic mass is 10.3. The second kappa shape index (κ2) is 5.28. The minimum absolute atomic E-state index is 0.0458. The van der Waals surface area contributed by atoms with Gasteiger partial charge in [-0.3, -0.25) is 4.55 Å². The first-order valence-corrected chi connectivity index (χ1v) is 8.64. The maximum atomic E-state index is 10.8. The van der Waals surface area contributed by atoms with Crippen LogP contribution in [0.15, 0.2) is 23.6 Å². The van der Waals surface area contributed by atoms with Gasteiger partial charge in [0, 0.05) is 11.4 Å². The second-order valence-electron chi connectivity index (χ2n) is 4.00. The largest absolute Gasteiger partial charge is 0.476 e. The van der Waals surface area contributed by atoms with Crippen molar-refractivity contribution >= 4 is 49.3 Å². The van der Waals surface area contributed by atoms with Gasteiger partial charge in [-0.2, -0.15) is 8.42 Å². The van der Waals surface area contributed by atoms with Crippen molar-refractivity contribution in [3.8, 4) is 15.8 Å². The molecule has 0 atom stereocenters. The topological polar surface area (TPSA) is 127 Å². The number of fused-ring (bicyclic) bond motifs is 1. The van der Waals surface area contributed by atoms with Crippen LogP contribution in [0, 0.1) is 0 Å².